The molecule has 2 heterocycles. The lowest BCUT2D eigenvalue weighted by Crippen LogP contribution is -2.20. The second-order valence-electron chi connectivity index (χ2n) is 5.23. The number of nitrogen functional groups attached to an aromatic ring is 1. The number of hydrogen-bond donors (Lipinski definition) is 3. The van der Waals surface area contributed by atoms with Crippen LogP contribution in [0.1, 0.15) is 12.8 Å². The van der Waals surface area contributed by atoms with E-state index in [9.17, 15) is 0 Å². The standard InChI is InChI=1S/C15H17Cl2N5O/c16-10-4-1-5-11(12(10)17)22-15-13(18)14(20-8-21-15)19-7-9-3-2-6-23-9/h1,4-5,8-9H,2-3,6-7,18H2,(H2,19,20,21,22). The lowest BCUT2D eigenvalue weighted by atomic mass is 10.2. The Bertz CT molecular complexity index is 692. The fraction of sp³-hybridized carbons (Fsp3) is 0.333. The first-order valence-electron chi connectivity index (χ1n) is 7.32. The highest BCUT2D eigenvalue weighted by molar-refractivity contribution is 6.43. The molecule has 4 N–H and O–H groups in total. The van der Waals surface area contributed by atoms with E-state index < -0.39 is 0 Å². The summed E-state index contributed by atoms with van der Waals surface area (Å²) in [5.74, 6) is 1.04. The first kappa shape index (κ1) is 16.1. The minimum absolute atomic E-state index is 0.197. The van der Waals surface area contributed by atoms with Crippen LogP contribution in [0.25, 0.3) is 0 Å². The molecule has 2 aromatic rings. The third kappa shape index (κ3) is 3.77. The van der Waals surface area contributed by atoms with Gasteiger partial charge in [0.2, 0.25) is 0 Å². The number of aromatic nitrogens is 2. The highest BCUT2D eigenvalue weighted by atomic mass is 35.5. The van der Waals surface area contributed by atoms with Crippen molar-refractivity contribution in [3.05, 3.63) is 34.6 Å². The van der Waals surface area contributed by atoms with Crippen LogP contribution in [0.3, 0.4) is 0 Å². The largest absolute Gasteiger partial charge is 0.393 e. The maximum atomic E-state index is 6.17. The molecule has 0 amide bonds. The van der Waals surface area contributed by atoms with Crippen molar-refractivity contribution in [1.82, 2.24) is 9.97 Å². The van der Waals surface area contributed by atoms with E-state index in [4.69, 9.17) is 33.7 Å². The monoisotopic (exact) mass is 353 g/mol. The fourth-order valence-electron chi connectivity index (χ4n) is 2.38. The van der Waals surface area contributed by atoms with E-state index in [1.165, 1.54) is 6.33 Å². The average molecular weight is 354 g/mol. The second kappa shape index (κ2) is 7.21. The summed E-state index contributed by atoms with van der Waals surface area (Å²) in [7, 11) is 0. The Morgan fingerprint density at radius 3 is 2.87 bits per heavy atom. The van der Waals surface area contributed by atoms with Crippen LogP contribution in [-0.2, 0) is 4.74 Å². The molecular formula is C15H17Cl2N5O. The van der Waals surface area contributed by atoms with Crippen molar-refractivity contribution in [2.45, 2.75) is 18.9 Å². The summed E-state index contributed by atoms with van der Waals surface area (Å²) in [5, 5.41) is 7.17. The normalized spacial score (nSPS) is 17.2. The minimum Gasteiger partial charge on any atom is -0.393 e. The lowest BCUT2D eigenvalue weighted by molar-refractivity contribution is 0.120. The highest BCUT2D eigenvalue weighted by Crippen LogP contribution is 2.33. The molecular weight excluding hydrogens is 337 g/mol. The Morgan fingerprint density at radius 2 is 2.09 bits per heavy atom. The molecule has 1 saturated heterocycles. The molecule has 1 atom stereocenters. The number of halogens is 2. The Morgan fingerprint density at radius 1 is 1.26 bits per heavy atom. The molecule has 1 aromatic heterocycles. The van der Waals surface area contributed by atoms with Crippen LogP contribution in [0.5, 0.6) is 0 Å². The summed E-state index contributed by atoms with van der Waals surface area (Å²) in [6.07, 6.45) is 3.77. The van der Waals surface area contributed by atoms with Crippen molar-refractivity contribution in [1.29, 1.82) is 0 Å². The number of rotatable bonds is 5. The molecule has 0 radical (unpaired) electrons. The van der Waals surface area contributed by atoms with Crippen molar-refractivity contribution < 1.29 is 4.74 Å². The molecule has 1 aliphatic heterocycles. The summed E-state index contributed by atoms with van der Waals surface area (Å²) in [6, 6.07) is 5.31. The van der Waals surface area contributed by atoms with Gasteiger partial charge < -0.3 is 21.1 Å². The summed E-state index contributed by atoms with van der Waals surface area (Å²) in [6.45, 7) is 1.48. The average Bonchev–Trinajstić information content (AvgIpc) is 3.06. The van der Waals surface area contributed by atoms with Gasteiger partial charge in [-0.2, -0.15) is 0 Å². The topological polar surface area (TPSA) is 85.1 Å². The van der Waals surface area contributed by atoms with Gasteiger partial charge in [-0.1, -0.05) is 29.3 Å². The molecule has 23 heavy (non-hydrogen) atoms. The van der Waals surface area contributed by atoms with Crippen LogP contribution < -0.4 is 16.4 Å². The second-order valence-corrected chi connectivity index (χ2v) is 6.01. The number of hydrogen-bond acceptors (Lipinski definition) is 6. The van der Waals surface area contributed by atoms with Gasteiger partial charge in [-0.25, -0.2) is 9.97 Å². The van der Waals surface area contributed by atoms with Crippen LogP contribution in [-0.4, -0.2) is 29.2 Å². The van der Waals surface area contributed by atoms with Crippen LogP contribution in [0.4, 0.5) is 23.0 Å². The van der Waals surface area contributed by atoms with Crippen LogP contribution in [0.15, 0.2) is 24.5 Å². The van der Waals surface area contributed by atoms with Crippen LogP contribution in [0, 0.1) is 0 Å². The molecule has 0 aliphatic carbocycles. The molecule has 3 rings (SSSR count). The van der Waals surface area contributed by atoms with E-state index in [2.05, 4.69) is 20.6 Å². The highest BCUT2D eigenvalue weighted by Gasteiger charge is 2.17. The molecule has 0 bridgehead atoms. The van der Waals surface area contributed by atoms with E-state index in [0.29, 0.717) is 39.6 Å². The van der Waals surface area contributed by atoms with Gasteiger partial charge >= 0.3 is 0 Å². The van der Waals surface area contributed by atoms with Gasteiger partial charge in [0, 0.05) is 13.2 Å². The summed E-state index contributed by atoms with van der Waals surface area (Å²) >= 11 is 12.2. The van der Waals surface area contributed by atoms with E-state index in [0.717, 1.165) is 19.4 Å². The SMILES string of the molecule is Nc1c(NCC2CCCO2)ncnc1Nc1cccc(Cl)c1Cl. The molecule has 0 spiro atoms. The van der Waals surface area contributed by atoms with Gasteiger partial charge in [0.05, 0.1) is 21.8 Å². The Labute approximate surface area is 144 Å². The molecule has 1 unspecified atom stereocenters. The molecule has 1 aliphatic rings. The molecule has 1 fully saturated rings. The zero-order valence-corrected chi connectivity index (χ0v) is 13.9. The van der Waals surface area contributed by atoms with Crippen molar-refractivity contribution in [2.24, 2.45) is 0 Å². The number of nitrogens with two attached hydrogens (primary N) is 1. The molecule has 122 valence electrons. The predicted molar refractivity (Wildman–Crippen MR) is 93.7 cm³/mol. The van der Waals surface area contributed by atoms with Gasteiger partial charge in [0.1, 0.15) is 12.0 Å². The first-order valence-corrected chi connectivity index (χ1v) is 8.07. The fourth-order valence-corrected chi connectivity index (χ4v) is 2.73. The third-order valence-corrected chi connectivity index (χ3v) is 4.43. The zero-order chi connectivity index (χ0) is 16.2. The number of nitrogens with zero attached hydrogens (tertiary/aromatic N) is 2. The number of ether oxygens (including phenoxy) is 1. The summed E-state index contributed by atoms with van der Waals surface area (Å²) in [4.78, 5) is 8.34. The molecule has 0 saturated carbocycles. The Hall–Kier alpha value is -1.76. The van der Waals surface area contributed by atoms with Crippen molar-refractivity contribution >= 4 is 46.2 Å². The van der Waals surface area contributed by atoms with Gasteiger partial charge in [-0.05, 0) is 25.0 Å². The third-order valence-electron chi connectivity index (χ3n) is 3.61. The van der Waals surface area contributed by atoms with Crippen molar-refractivity contribution in [3.63, 3.8) is 0 Å². The number of nitrogens with one attached hydrogen (secondary N) is 2. The lowest BCUT2D eigenvalue weighted by Gasteiger charge is -2.15. The number of benzene rings is 1. The molecule has 6 nitrogen and oxygen atoms in total. The molecule has 1 aromatic carbocycles. The summed E-state index contributed by atoms with van der Waals surface area (Å²) in [5.41, 5.74) is 7.19. The van der Waals surface area contributed by atoms with Crippen LogP contribution >= 0.6 is 23.2 Å². The van der Waals surface area contributed by atoms with Gasteiger partial charge in [0.25, 0.3) is 0 Å². The first-order chi connectivity index (χ1) is 11.1. The molecule has 8 heteroatoms. The van der Waals surface area contributed by atoms with E-state index in [-0.39, 0.29) is 6.10 Å². The zero-order valence-electron chi connectivity index (χ0n) is 12.4. The summed E-state index contributed by atoms with van der Waals surface area (Å²) < 4.78 is 5.57. The van der Waals surface area contributed by atoms with Gasteiger partial charge in [-0.15, -0.1) is 0 Å². The van der Waals surface area contributed by atoms with Gasteiger partial charge in [0.15, 0.2) is 11.6 Å². The smallest absolute Gasteiger partial charge is 0.159 e. The van der Waals surface area contributed by atoms with Crippen LogP contribution in [0.2, 0.25) is 10.0 Å². The van der Waals surface area contributed by atoms with E-state index in [1.807, 2.05) is 0 Å². The number of anilines is 4. The van der Waals surface area contributed by atoms with Crippen molar-refractivity contribution in [2.75, 3.05) is 29.5 Å². The van der Waals surface area contributed by atoms with E-state index in [1.54, 1.807) is 18.2 Å². The maximum absolute atomic E-state index is 6.17. The van der Waals surface area contributed by atoms with Crippen molar-refractivity contribution in [3.8, 4) is 0 Å². The van der Waals surface area contributed by atoms with Gasteiger partial charge in [-0.3, -0.25) is 0 Å². The maximum Gasteiger partial charge on any atom is 0.159 e. The predicted octanol–water partition coefficient (Wildman–Crippen LogP) is 3.70. The minimum atomic E-state index is 0.197. The quantitative estimate of drug-likeness (QED) is 0.759. The Kier molecular flexibility index (Phi) is 5.05. The van der Waals surface area contributed by atoms with E-state index >= 15 is 0 Å². The Balaban J connectivity index is 1.75.